The molecule has 3 aromatic rings. The van der Waals surface area contributed by atoms with Crippen LogP contribution in [0.15, 0.2) is 54.9 Å². The number of benzene rings is 1. The molecular weight excluding hydrogens is 354 g/mol. The molecule has 5 nitrogen and oxygen atoms in total. The van der Waals surface area contributed by atoms with E-state index in [2.05, 4.69) is 56.8 Å². The van der Waals surface area contributed by atoms with E-state index < -0.39 is 0 Å². The van der Waals surface area contributed by atoms with Crippen molar-refractivity contribution >= 4 is 22.3 Å². The van der Waals surface area contributed by atoms with Crippen molar-refractivity contribution in [3.05, 3.63) is 60.4 Å². The second-order valence-electron chi connectivity index (χ2n) is 7.11. The summed E-state index contributed by atoms with van der Waals surface area (Å²) < 4.78 is 0. The van der Waals surface area contributed by atoms with Crippen LogP contribution in [0.1, 0.15) is 5.56 Å². The number of hydrogen-bond acceptors (Lipinski definition) is 6. The second-order valence-corrected chi connectivity index (χ2v) is 8.14. The van der Waals surface area contributed by atoms with E-state index in [1.54, 1.807) is 11.3 Å². The van der Waals surface area contributed by atoms with E-state index >= 15 is 0 Å². The summed E-state index contributed by atoms with van der Waals surface area (Å²) in [6.45, 7) is 4.39. The molecule has 0 saturated carbocycles. The number of pyridine rings is 1. The van der Waals surface area contributed by atoms with Gasteiger partial charge in [0.15, 0.2) is 5.13 Å². The standard InChI is InChI=1S/C21H25N5S/c1-26-10-9-22-13-17(15-26)11-16-7-8-23-20(12-16)25-21-24-14-19(27-21)18-5-3-2-4-6-18/h2-8,12,14,17,22H,9-11,13,15H2,1H3,(H,23,24,25)/t17-/m0/s1. The van der Waals surface area contributed by atoms with Crippen molar-refractivity contribution in [3.63, 3.8) is 0 Å². The molecule has 1 fully saturated rings. The van der Waals surface area contributed by atoms with Crippen molar-refractivity contribution in [1.82, 2.24) is 20.2 Å². The summed E-state index contributed by atoms with van der Waals surface area (Å²) in [5.41, 5.74) is 2.50. The van der Waals surface area contributed by atoms with Gasteiger partial charge in [0, 0.05) is 32.0 Å². The van der Waals surface area contributed by atoms with Crippen molar-refractivity contribution < 1.29 is 0 Å². The summed E-state index contributed by atoms with van der Waals surface area (Å²) in [7, 11) is 2.20. The number of nitrogens with zero attached hydrogens (tertiary/aromatic N) is 3. The largest absolute Gasteiger partial charge is 0.316 e. The molecule has 0 spiro atoms. The number of nitrogens with one attached hydrogen (secondary N) is 2. The van der Waals surface area contributed by atoms with E-state index in [4.69, 9.17) is 0 Å². The maximum absolute atomic E-state index is 4.51. The van der Waals surface area contributed by atoms with Crippen LogP contribution >= 0.6 is 11.3 Å². The van der Waals surface area contributed by atoms with Gasteiger partial charge in [-0.15, -0.1) is 0 Å². The van der Waals surface area contributed by atoms with Gasteiger partial charge in [-0.25, -0.2) is 9.97 Å². The third-order valence-electron chi connectivity index (χ3n) is 4.82. The first-order chi connectivity index (χ1) is 13.3. The number of anilines is 2. The molecule has 0 bridgehead atoms. The van der Waals surface area contributed by atoms with E-state index in [-0.39, 0.29) is 0 Å². The fourth-order valence-electron chi connectivity index (χ4n) is 3.49. The van der Waals surface area contributed by atoms with Gasteiger partial charge in [0.1, 0.15) is 5.82 Å². The zero-order valence-electron chi connectivity index (χ0n) is 15.6. The minimum atomic E-state index is 0.622. The number of hydrogen-bond donors (Lipinski definition) is 2. The zero-order chi connectivity index (χ0) is 18.5. The number of thiazole rings is 1. The highest BCUT2D eigenvalue weighted by Gasteiger charge is 2.16. The normalized spacial score (nSPS) is 18.2. The molecule has 2 N–H and O–H groups in total. The zero-order valence-corrected chi connectivity index (χ0v) is 16.4. The van der Waals surface area contributed by atoms with Gasteiger partial charge in [0.25, 0.3) is 0 Å². The first kappa shape index (κ1) is 18.1. The number of likely N-dealkylation sites (N-methyl/N-ethyl adjacent to an activating group) is 1. The first-order valence-corrected chi connectivity index (χ1v) is 10.2. The van der Waals surface area contributed by atoms with Crippen molar-refractivity contribution in [2.45, 2.75) is 6.42 Å². The molecule has 1 aromatic carbocycles. The third kappa shape index (κ3) is 4.91. The fraction of sp³-hybridized carbons (Fsp3) is 0.333. The van der Waals surface area contributed by atoms with Crippen LogP contribution in [0, 0.1) is 5.92 Å². The number of rotatable bonds is 5. The Morgan fingerprint density at radius 2 is 2.11 bits per heavy atom. The Balaban J connectivity index is 1.43. The minimum absolute atomic E-state index is 0.622. The molecule has 6 heteroatoms. The Bertz CT molecular complexity index is 864. The molecule has 0 radical (unpaired) electrons. The summed E-state index contributed by atoms with van der Waals surface area (Å²) in [5, 5.41) is 7.77. The molecule has 1 saturated heterocycles. The van der Waals surface area contributed by atoms with E-state index in [9.17, 15) is 0 Å². The molecule has 0 unspecified atom stereocenters. The third-order valence-corrected chi connectivity index (χ3v) is 5.78. The summed E-state index contributed by atoms with van der Waals surface area (Å²) in [5.74, 6) is 1.48. The summed E-state index contributed by atoms with van der Waals surface area (Å²) in [4.78, 5) is 12.5. The lowest BCUT2D eigenvalue weighted by molar-refractivity contribution is 0.309. The Kier molecular flexibility index (Phi) is 5.77. The van der Waals surface area contributed by atoms with Gasteiger partial charge in [0.2, 0.25) is 0 Å². The summed E-state index contributed by atoms with van der Waals surface area (Å²) in [6, 6.07) is 14.6. The van der Waals surface area contributed by atoms with Gasteiger partial charge in [-0.3, -0.25) is 0 Å². The predicted molar refractivity (Wildman–Crippen MR) is 113 cm³/mol. The minimum Gasteiger partial charge on any atom is -0.316 e. The second kappa shape index (κ2) is 8.61. The molecular formula is C21H25N5S. The summed E-state index contributed by atoms with van der Waals surface area (Å²) in [6.07, 6.45) is 4.86. The first-order valence-electron chi connectivity index (χ1n) is 9.39. The van der Waals surface area contributed by atoms with Crippen LogP contribution in [0.4, 0.5) is 10.9 Å². The van der Waals surface area contributed by atoms with Gasteiger partial charge >= 0.3 is 0 Å². The molecule has 1 aliphatic rings. The SMILES string of the molecule is CN1CCNC[C@H](Cc2ccnc(Nc3ncc(-c4ccccc4)s3)c2)C1. The van der Waals surface area contributed by atoms with E-state index in [1.165, 1.54) is 11.1 Å². The van der Waals surface area contributed by atoms with E-state index in [1.807, 2.05) is 30.6 Å². The Hall–Kier alpha value is -2.28. The molecule has 0 aliphatic carbocycles. The maximum atomic E-state index is 4.51. The van der Waals surface area contributed by atoms with Crippen LogP contribution < -0.4 is 10.6 Å². The Labute approximate surface area is 164 Å². The van der Waals surface area contributed by atoms with Crippen molar-refractivity contribution in [2.24, 2.45) is 5.92 Å². The van der Waals surface area contributed by atoms with Gasteiger partial charge < -0.3 is 15.5 Å². The van der Waals surface area contributed by atoms with Crippen molar-refractivity contribution in [1.29, 1.82) is 0 Å². The van der Waals surface area contributed by atoms with Gasteiger partial charge in [-0.05, 0) is 49.2 Å². The monoisotopic (exact) mass is 379 g/mol. The van der Waals surface area contributed by atoms with Gasteiger partial charge in [-0.1, -0.05) is 41.7 Å². The molecule has 1 atom stereocenters. The molecule has 4 rings (SSSR count). The van der Waals surface area contributed by atoms with Crippen LogP contribution in [-0.4, -0.2) is 48.1 Å². The molecule has 1 aliphatic heterocycles. The van der Waals surface area contributed by atoms with Crippen LogP contribution in [0.25, 0.3) is 10.4 Å². The molecule has 3 heterocycles. The van der Waals surface area contributed by atoms with Crippen LogP contribution in [0.5, 0.6) is 0 Å². The highest BCUT2D eigenvalue weighted by molar-refractivity contribution is 7.18. The smallest absolute Gasteiger partial charge is 0.188 e. The van der Waals surface area contributed by atoms with Crippen LogP contribution in [0.3, 0.4) is 0 Å². The van der Waals surface area contributed by atoms with Crippen LogP contribution in [0.2, 0.25) is 0 Å². The highest BCUT2D eigenvalue weighted by Crippen LogP contribution is 2.30. The molecule has 27 heavy (non-hydrogen) atoms. The molecule has 140 valence electrons. The topological polar surface area (TPSA) is 53.1 Å². The van der Waals surface area contributed by atoms with E-state index in [0.29, 0.717) is 5.92 Å². The molecule has 0 amide bonds. The highest BCUT2D eigenvalue weighted by atomic mass is 32.1. The fourth-order valence-corrected chi connectivity index (χ4v) is 4.32. The average molecular weight is 380 g/mol. The average Bonchev–Trinajstić information content (AvgIpc) is 3.05. The van der Waals surface area contributed by atoms with Gasteiger partial charge in [0.05, 0.1) is 4.88 Å². The molecule has 2 aromatic heterocycles. The van der Waals surface area contributed by atoms with Crippen molar-refractivity contribution in [3.8, 4) is 10.4 Å². The number of aromatic nitrogens is 2. The quantitative estimate of drug-likeness (QED) is 0.709. The van der Waals surface area contributed by atoms with Gasteiger partial charge in [-0.2, -0.15) is 0 Å². The van der Waals surface area contributed by atoms with Crippen molar-refractivity contribution in [2.75, 3.05) is 38.5 Å². The Morgan fingerprint density at radius 3 is 3.00 bits per heavy atom. The Morgan fingerprint density at radius 1 is 1.22 bits per heavy atom. The lowest BCUT2D eigenvalue weighted by Gasteiger charge is -2.19. The van der Waals surface area contributed by atoms with E-state index in [0.717, 1.165) is 48.4 Å². The predicted octanol–water partition coefficient (Wildman–Crippen LogP) is 3.64. The maximum Gasteiger partial charge on any atom is 0.188 e. The van der Waals surface area contributed by atoms with Crippen LogP contribution in [-0.2, 0) is 6.42 Å². The summed E-state index contributed by atoms with van der Waals surface area (Å²) >= 11 is 1.65. The lowest BCUT2D eigenvalue weighted by atomic mass is 9.99. The lowest BCUT2D eigenvalue weighted by Crippen LogP contribution is -2.27.